The predicted octanol–water partition coefficient (Wildman–Crippen LogP) is 5.88. The molecule has 228 valence electrons. The highest BCUT2D eigenvalue weighted by molar-refractivity contribution is 6.30. The Balaban J connectivity index is 1.60. The van der Waals surface area contributed by atoms with Crippen LogP contribution in [-0.2, 0) is 32.0 Å². The molecule has 2 aromatic rings. The van der Waals surface area contributed by atoms with E-state index in [0.29, 0.717) is 30.8 Å². The van der Waals surface area contributed by atoms with E-state index in [1.54, 1.807) is 30.7 Å². The number of nitrogens with zero attached hydrogens (tertiary/aromatic N) is 3. The van der Waals surface area contributed by atoms with Crippen molar-refractivity contribution in [2.24, 2.45) is 0 Å². The lowest BCUT2D eigenvalue weighted by molar-refractivity contribution is -0.143. The van der Waals surface area contributed by atoms with Gasteiger partial charge in [-0.15, -0.1) is 0 Å². The zero-order valence-corrected chi connectivity index (χ0v) is 26.1. The molecule has 0 N–H and O–H groups in total. The van der Waals surface area contributed by atoms with Crippen molar-refractivity contribution in [3.63, 3.8) is 0 Å². The maximum atomic E-state index is 14.3. The smallest absolute Gasteiger partial charge is 0.413 e. The molecule has 2 fully saturated rings. The average molecular weight is 600 g/mol. The van der Waals surface area contributed by atoms with Crippen LogP contribution in [0, 0.1) is 0 Å². The van der Waals surface area contributed by atoms with Crippen molar-refractivity contribution in [1.29, 1.82) is 0 Å². The first kappa shape index (κ1) is 31.6. The Labute approximate surface area is 253 Å². The second-order valence-electron chi connectivity index (χ2n) is 12.6. The van der Waals surface area contributed by atoms with Crippen molar-refractivity contribution in [2.75, 3.05) is 26.7 Å². The molecule has 0 saturated carbocycles. The molecule has 2 heterocycles. The quantitative estimate of drug-likeness (QED) is 0.412. The number of rotatable bonds is 6. The van der Waals surface area contributed by atoms with Crippen LogP contribution in [0.25, 0.3) is 0 Å². The number of hydrogen-bond acceptors (Lipinski definition) is 6. The Hall–Kier alpha value is -3.30. The van der Waals surface area contributed by atoms with Crippen LogP contribution in [0.15, 0.2) is 54.6 Å². The van der Waals surface area contributed by atoms with Gasteiger partial charge in [-0.05, 0) is 77.1 Å². The van der Waals surface area contributed by atoms with E-state index in [0.717, 1.165) is 11.1 Å². The molecule has 0 spiro atoms. The number of halogens is 1. The lowest BCUT2D eigenvalue weighted by atomic mass is 9.81. The van der Waals surface area contributed by atoms with Gasteiger partial charge in [0.2, 0.25) is 5.91 Å². The molecule has 2 aliphatic heterocycles. The predicted molar refractivity (Wildman–Crippen MR) is 160 cm³/mol. The van der Waals surface area contributed by atoms with E-state index in [1.807, 2.05) is 75.4 Å². The molecule has 0 bridgehead atoms. The average Bonchev–Trinajstić information content (AvgIpc) is 3.26. The molecule has 2 atom stereocenters. The Morgan fingerprint density at radius 2 is 1.69 bits per heavy atom. The van der Waals surface area contributed by atoms with Crippen LogP contribution in [-0.4, -0.2) is 82.4 Å². The second-order valence-corrected chi connectivity index (χ2v) is 13.1. The Bertz CT molecular complexity index is 1260. The molecule has 4 rings (SSSR count). The molecule has 2 aliphatic rings. The molecule has 2 aromatic carbocycles. The van der Waals surface area contributed by atoms with E-state index in [2.05, 4.69) is 0 Å². The van der Waals surface area contributed by atoms with Gasteiger partial charge in [0.1, 0.15) is 24.0 Å². The molecular weight excluding hydrogens is 558 g/mol. The van der Waals surface area contributed by atoms with Crippen LogP contribution >= 0.6 is 11.6 Å². The molecule has 10 heteroatoms. The summed E-state index contributed by atoms with van der Waals surface area (Å²) in [5.41, 5.74) is -0.634. The third kappa shape index (κ3) is 7.36. The van der Waals surface area contributed by atoms with Crippen LogP contribution in [0.4, 0.5) is 9.59 Å². The van der Waals surface area contributed by atoms with Gasteiger partial charge in [0.05, 0.1) is 12.1 Å². The van der Waals surface area contributed by atoms with E-state index < -0.39 is 35.1 Å². The fraction of sp³-hybridized carbons (Fsp3) is 0.531. The Morgan fingerprint density at radius 1 is 1.02 bits per heavy atom. The third-order valence-corrected chi connectivity index (χ3v) is 8.12. The molecular formula is C32H42ClN3O6. The van der Waals surface area contributed by atoms with Crippen LogP contribution in [0.5, 0.6) is 0 Å². The topological polar surface area (TPSA) is 88.6 Å². The maximum Gasteiger partial charge on any atom is 0.413 e. The van der Waals surface area contributed by atoms with Crippen molar-refractivity contribution in [2.45, 2.75) is 83.4 Å². The largest absolute Gasteiger partial charge is 0.444 e. The first-order valence-corrected chi connectivity index (χ1v) is 14.7. The fourth-order valence-electron chi connectivity index (χ4n) is 5.69. The SMILES string of the molecule is CN(C(=O)C1COC(C)(C)N1C(=O)OCc1ccccc1)C1(Cc2ccc(Cl)cc2)CCCN(C(=O)OC(C)(C)C)C1. The van der Waals surface area contributed by atoms with Gasteiger partial charge in [-0.2, -0.15) is 0 Å². The summed E-state index contributed by atoms with van der Waals surface area (Å²) in [5, 5.41) is 0.617. The number of carbonyl (C=O) groups excluding carboxylic acids is 3. The highest BCUT2D eigenvalue weighted by atomic mass is 35.5. The molecule has 2 unspecified atom stereocenters. The van der Waals surface area contributed by atoms with Gasteiger partial charge in [-0.25, -0.2) is 9.59 Å². The number of piperidine rings is 1. The second kappa shape index (κ2) is 12.5. The van der Waals surface area contributed by atoms with Crippen LogP contribution in [0.1, 0.15) is 58.6 Å². The molecule has 9 nitrogen and oxygen atoms in total. The van der Waals surface area contributed by atoms with Gasteiger partial charge in [0.25, 0.3) is 0 Å². The van der Waals surface area contributed by atoms with E-state index in [9.17, 15) is 14.4 Å². The summed E-state index contributed by atoms with van der Waals surface area (Å²) in [6.07, 6.45) is 0.784. The zero-order valence-electron chi connectivity index (χ0n) is 25.4. The molecule has 0 aliphatic carbocycles. The minimum Gasteiger partial charge on any atom is -0.444 e. The van der Waals surface area contributed by atoms with Crippen molar-refractivity contribution in [3.05, 3.63) is 70.7 Å². The number of hydrogen-bond donors (Lipinski definition) is 0. The number of likely N-dealkylation sites (tertiary alicyclic amines) is 1. The molecule has 0 aromatic heterocycles. The first-order valence-electron chi connectivity index (χ1n) is 14.3. The van der Waals surface area contributed by atoms with Gasteiger partial charge in [-0.3, -0.25) is 9.69 Å². The van der Waals surface area contributed by atoms with Crippen molar-refractivity contribution in [3.8, 4) is 0 Å². The molecule has 3 amide bonds. The number of ether oxygens (including phenoxy) is 3. The van der Waals surface area contributed by atoms with Crippen molar-refractivity contribution >= 4 is 29.7 Å². The monoisotopic (exact) mass is 599 g/mol. The van der Waals surface area contributed by atoms with E-state index in [-0.39, 0.29) is 25.7 Å². The Kier molecular flexibility index (Phi) is 9.42. The zero-order chi connectivity index (χ0) is 30.7. The summed E-state index contributed by atoms with van der Waals surface area (Å²) in [7, 11) is 1.75. The van der Waals surface area contributed by atoms with E-state index in [1.165, 1.54) is 4.90 Å². The standard InChI is InChI=1S/C32H42ClN3O6/c1-30(2,3)42-28(38)35-18-10-17-32(22-35,19-23-13-15-25(33)16-14-23)34(6)27(37)26-21-41-31(4,5)36(26)29(39)40-20-24-11-8-7-9-12-24/h7-9,11-16,26H,10,17-22H2,1-6H3. The summed E-state index contributed by atoms with van der Waals surface area (Å²) >= 11 is 6.15. The van der Waals surface area contributed by atoms with Gasteiger partial charge < -0.3 is 24.0 Å². The van der Waals surface area contributed by atoms with Crippen LogP contribution in [0.3, 0.4) is 0 Å². The molecule has 42 heavy (non-hydrogen) atoms. The third-order valence-electron chi connectivity index (χ3n) is 7.87. The minimum atomic E-state index is -1.05. The van der Waals surface area contributed by atoms with Gasteiger partial charge >= 0.3 is 12.2 Å². The van der Waals surface area contributed by atoms with Gasteiger partial charge in [0, 0.05) is 25.2 Å². The first-order chi connectivity index (χ1) is 19.7. The number of carbonyl (C=O) groups is 3. The van der Waals surface area contributed by atoms with Crippen molar-refractivity contribution in [1.82, 2.24) is 14.7 Å². The van der Waals surface area contributed by atoms with E-state index in [4.69, 9.17) is 25.8 Å². The Morgan fingerprint density at radius 3 is 2.33 bits per heavy atom. The summed E-state index contributed by atoms with van der Waals surface area (Å²) in [4.78, 5) is 45.6. The summed E-state index contributed by atoms with van der Waals surface area (Å²) in [6, 6.07) is 16.0. The van der Waals surface area contributed by atoms with Crippen LogP contribution < -0.4 is 0 Å². The number of amides is 3. The lowest BCUT2D eigenvalue weighted by Gasteiger charge is -2.49. The maximum absolute atomic E-state index is 14.3. The highest BCUT2D eigenvalue weighted by Gasteiger charge is 2.52. The minimum absolute atomic E-state index is 0.0312. The van der Waals surface area contributed by atoms with Crippen LogP contribution in [0.2, 0.25) is 5.02 Å². The number of benzene rings is 2. The highest BCUT2D eigenvalue weighted by Crippen LogP contribution is 2.35. The molecule has 2 saturated heterocycles. The number of likely N-dealkylation sites (N-methyl/N-ethyl adjacent to an activating group) is 1. The lowest BCUT2D eigenvalue weighted by Crippen LogP contribution is -2.64. The summed E-state index contributed by atoms with van der Waals surface area (Å²) < 4.78 is 17.3. The molecule has 0 radical (unpaired) electrons. The normalized spacial score (nSPS) is 22.0. The van der Waals surface area contributed by atoms with Gasteiger partial charge in [-0.1, -0.05) is 54.1 Å². The van der Waals surface area contributed by atoms with Gasteiger partial charge in [0.15, 0.2) is 0 Å². The van der Waals surface area contributed by atoms with Crippen molar-refractivity contribution < 1.29 is 28.6 Å². The summed E-state index contributed by atoms with van der Waals surface area (Å²) in [6.45, 7) is 9.91. The van der Waals surface area contributed by atoms with E-state index >= 15 is 0 Å². The summed E-state index contributed by atoms with van der Waals surface area (Å²) in [5.74, 6) is -0.280. The fourth-order valence-corrected chi connectivity index (χ4v) is 5.82.